The van der Waals surface area contributed by atoms with Crippen LogP contribution in [-0.2, 0) is 17.9 Å². The van der Waals surface area contributed by atoms with Gasteiger partial charge in [-0.25, -0.2) is 0 Å². The molecule has 0 aliphatic heterocycles. The molecular weight excluding hydrogens is 446 g/mol. The number of carbonyl (C=O) groups is 1. The summed E-state index contributed by atoms with van der Waals surface area (Å²) in [5.74, 6) is 0.338. The summed E-state index contributed by atoms with van der Waals surface area (Å²) in [6, 6.07) is 25.2. The van der Waals surface area contributed by atoms with E-state index in [0.717, 1.165) is 39.0 Å². The number of amides is 1. The van der Waals surface area contributed by atoms with Gasteiger partial charge in [-0.1, -0.05) is 54.1 Å². The predicted octanol–water partition coefficient (Wildman–Crippen LogP) is 5.88. The maximum absolute atomic E-state index is 12.8. The van der Waals surface area contributed by atoms with Gasteiger partial charge in [0.1, 0.15) is 17.4 Å². The average molecular weight is 470 g/mol. The Morgan fingerprint density at radius 2 is 1.74 bits per heavy atom. The molecule has 0 saturated carbocycles. The smallest absolute Gasteiger partial charge is 0.262 e. The fourth-order valence-corrected chi connectivity index (χ4v) is 4.06. The second kappa shape index (κ2) is 10.3. The summed E-state index contributed by atoms with van der Waals surface area (Å²) in [5, 5.41) is 14.3. The predicted molar refractivity (Wildman–Crippen MR) is 136 cm³/mol. The van der Waals surface area contributed by atoms with Gasteiger partial charge in [0.2, 0.25) is 0 Å². The van der Waals surface area contributed by atoms with E-state index in [1.165, 1.54) is 0 Å². The molecule has 0 radical (unpaired) electrons. The van der Waals surface area contributed by atoms with Crippen molar-refractivity contribution in [3.63, 3.8) is 0 Å². The van der Waals surface area contributed by atoms with Gasteiger partial charge in [-0.15, -0.1) is 0 Å². The second-order valence-electron chi connectivity index (χ2n) is 7.93. The number of halogens is 1. The first-order valence-corrected chi connectivity index (χ1v) is 11.2. The van der Waals surface area contributed by atoms with E-state index in [-0.39, 0.29) is 5.57 Å². The van der Waals surface area contributed by atoms with Crippen molar-refractivity contribution in [3.05, 3.63) is 106 Å². The van der Waals surface area contributed by atoms with Crippen molar-refractivity contribution in [2.45, 2.75) is 20.0 Å². The number of nitrogens with one attached hydrogen (secondary N) is 1. The second-order valence-corrected chi connectivity index (χ2v) is 8.37. The van der Waals surface area contributed by atoms with Crippen LogP contribution in [0, 0.1) is 18.3 Å². The number of rotatable bonds is 7. The highest BCUT2D eigenvalue weighted by Gasteiger charge is 2.16. The van der Waals surface area contributed by atoms with Gasteiger partial charge < -0.3 is 14.6 Å². The topological polar surface area (TPSA) is 67.0 Å². The summed E-state index contributed by atoms with van der Waals surface area (Å²) in [6.45, 7) is 2.98. The minimum Gasteiger partial charge on any atom is -0.497 e. The van der Waals surface area contributed by atoms with Crippen molar-refractivity contribution in [1.82, 2.24) is 9.88 Å². The van der Waals surface area contributed by atoms with E-state index >= 15 is 0 Å². The normalized spacial score (nSPS) is 11.3. The van der Waals surface area contributed by atoms with Gasteiger partial charge in [-0.2, -0.15) is 5.26 Å². The maximum atomic E-state index is 12.8. The number of aromatic nitrogens is 1. The highest BCUT2D eigenvalue weighted by Crippen LogP contribution is 2.29. The maximum Gasteiger partial charge on any atom is 0.262 e. The van der Waals surface area contributed by atoms with Gasteiger partial charge in [0.05, 0.1) is 7.11 Å². The van der Waals surface area contributed by atoms with Crippen LogP contribution < -0.4 is 10.1 Å². The minimum absolute atomic E-state index is 0.0611. The molecule has 0 fully saturated rings. The summed E-state index contributed by atoms with van der Waals surface area (Å²) >= 11 is 6.04. The third-order valence-corrected chi connectivity index (χ3v) is 6.05. The Balaban J connectivity index is 1.62. The lowest BCUT2D eigenvalue weighted by Crippen LogP contribution is -2.23. The SMILES string of the molecule is COc1ccc(CNC(=O)/C(C#N)=C\c2c(C)n(Cc3ccc(Cl)cc3)c3ccccc23)cc1. The van der Waals surface area contributed by atoms with Crippen LogP contribution in [0.25, 0.3) is 17.0 Å². The van der Waals surface area contributed by atoms with Crippen LogP contribution in [-0.4, -0.2) is 17.6 Å². The molecule has 4 rings (SSSR count). The quantitative estimate of drug-likeness (QED) is 0.271. The summed E-state index contributed by atoms with van der Waals surface area (Å²) in [7, 11) is 1.61. The number of carbonyl (C=O) groups excluding carboxylic acids is 1. The number of hydrogen-bond donors (Lipinski definition) is 1. The van der Waals surface area contributed by atoms with Gasteiger partial charge >= 0.3 is 0 Å². The molecule has 1 heterocycles. The molecule has 1 amide bonds. The van der Waals surface area contributed by atoms with Crippen molar-refractivity contribution < 1.29 is 9.53 Å². The van der Waals surface area contributed by atoms with E-state index in [1.807, 2.05) is 79.7 Å². The number of fused-ring (bicyclic) bond motifs is 1. The van der Waals surface area contributed by atoms with Crippen molar-refractivity contribution in [2.24, 2.45) is 0 Å². The molecule has 6 heteroatoms. The van der Waals surface area contributed by atoms with E-state index in [1.54, 1.807) is 13.2 Å². The fraction of sp³-hybridized carbons (Fsp3) is 0.143. The minimum atomic E-state index is -0.410. The molecule has 1 aromatic heterocycles. The largest absolute Gasteiger partial charge is 0.497 e. The van der Waals surface area contributed by atoms with Gasteiger partial charge in [0, 0.05) is 40.3 Å². The van der Waals surface area contributed by atoms with Crippen LogP contribution in [0.1, 0.15) is 22.4 Å². The Kier molecular flexibility index (Phi) is 7.01. The van der Waals surface area contributed by atoms with Gasteiger partial charge in [-0.3, -0.25) is 4.79 Å². The van der Waals surface area contributed by atoms with Gasteiger partial charge in [0.25, 0.3) is 5.91 Å². The highest BCUT2D eigenvalue weighted by molar-refractivity contribution is 6.30. The zero-order valence-corrected chi connectivity index (χ0v) is 19.8. The number of ether oxygens (including phenoxy) is 1. The van der Waals surface area contributed by atoms with Crippen LogP contribution in [0.15, 0.2) is 78.4 Å². The Hall–Kier alpha value is -4.01. The molecule has 4 aromatic rings. The number of hydrogen-bond acceptors (Lipinski definition) is 3. The molecule has 0 aliphatic rings. The van der Waals surface area contributed by atoms with Gasteiger partial charge in [-0.05, 0) is 54.5 Å². The Morgan fingerprint density at radius 3 is 2.41 bits per heavy atom. The van der Waals surface area contributed by atoms with Crippen molar-refractivity contribution in [2.75, 3.05) is 7.11 Å². The van der Waals surface area contributed by atoms with Crippen LogP contribution in [0.4, 0.5) is 0 Å². The third kappa shape index (κ3) is 4.98. The molecule has 0 unspecified atom stereocenters. The molecule has 5 nitrogen and oxygen atoms in total. The zero-order chi connectivity index (χ0) is 24.1. The summed E-state index contributed by atoms with van der Waals surface area (Å²) < 4.78 is 7.35. The molecular formula is C28H24ClN3O2. The highest BCUT2D eigenvalue weighted by atomic mass is 35.5. The lowest BCUT2D eigenvalue weighted by atomic mass is 10.1. The summed E-state index contributed by atoms with van der Waals surface area (Å²) in [5.41, 5.74) is 4.97. The van der Waals surface area contributed by atoms with Crippen LogP contribution in [0.5, 0.6) is 5.75 Å². The van der Waals surface area contributed by atoms with Crippen LogP contribution >= 0.6 is 11.6 Å². The Morgan fingerprint density at radius 1 is 1.06 bits per heavy atom. The third-order valence-electron chi connectivity index (χ3n) is 5.80. The fourth-order valence-electron chi connectivity index (χ4n) is 3.93. The average Bonchev–Trinajstić information content (AvgIpc) is 3.13. The Labute approximate surface area is 203 Å². The van der Waals surface area contributed by atoms with E-state index in [0.29, 0.717) is 18.1 Å². The number of methoxy groups -OCH3 is 1. The van der Waals surface area contributed by atoms with Crippen LogP contribution in [0.3, 0.4) is 0 Å². The van der Waals surface area contributed by atoms with E-state index in [2.05, 4.69) is 16.0 Å². The van der Waals surface area contributed by atoms with Crippen molar-refractivity contribution in [3.8, 4) is 11.8 Å². The molecule has 0 spiro atoms. The lowest BCUT2D eigenvalue weighted by molar-refractivity contribution is -0.117. The zero-order valence-electron chi connectivity index (χ0n) is 19.0. The molecule has 0 bridgehead atoms. The molecule has 3 aromatic carbocycles. The van der Waals surface area contributed by atoms with Crippen molar-refractivity contribution in [1.29, 1.82) is 5.26 Å². The van der Waals surface area contributed by atoms with E-state index in [9.17, 15) is 10.1 Å². The van der Waals surface area contributed by atoms with E-state index in [4.69, 9.17) is 16.3 Å². The molecule has 34 heavy (non-hydrogen) atoms. The molecule has 0 aliphatic carbocycles. The number of nitrogens with zero attached hydrogens (tertiary/aromatic N) is 2. The van der Waals surface area contributed by atoms with Gasteiger partial charge in [0.15, 0.2) is 0 Å². The monoisotopic (exact) mass is 469 g/mol. The number of nitriles is 1. The first kappa shape index (κ1) is 23.2. The van der Waals surface area contributed by atoms with Crippen LogP contribution in [0.2, 0.25) is 5.02 Å². The first-order valence-electron chi connectivity index (χ1n) is 10.9. The summed E-state index contributed by atoms with van der Waals surface area (Å²) in [4.78, 5) is 12.8. The number of para-hydroxylation sites is 1. The number of benzene rings is 3. The first-order chi connectivity index (χ1) is 16.5. The summed E-state index contributed by atoms with van der Waals surface area (Å²) in [6.07, 6.45) is 1.68. The molecule has 0 atom stereocenters. The standard InChI is InChI=1S/C28H24ClN3O2/c1-19-26(15-22(16-30)28(33)31-17-20-9-13-24(34-2)14-10-20)25-5-3-4-6-27(25)32(19)18-21-7-11-23(29)12-8-21/h3-15H,17-18H2,1-2H3,(H,31,33)/b22-15-. The molecule has 0 saturated heterocycles. The van der Waals surface area contributed by atoms with E-state index < -0.39 is 5.91 Å². The molecule has 170 valence electrons. The molecule has 1 N–H and O–H groups in total. The van der Waals surface area contributed by atoms with Crippen molar-refractivity contribution >= 4 is 34.5 Å². The lowest BCUT2D eigenvalue weighted by Gasteiger charge is -2.09. The Bertz CT molecular complexity index is 1390.